The molecular weight excluding hydrogens is 414 g/mol. The zero-order valence-corrected chi connectivity index (χ0v) is 17.4. The van der Waals surface area contributed by atoms with Crippen LogP contribution in [-0.4, -0.2) is 46.8 Å². The lowest BCUT2D eigenvalue weighted by Gasteiger charge is -2.19. The van der Waals surface area contributed by atoms with Gasteiger partial charge in [0.2, 0.25) is 10.0 Å². The molecule has 0 spiro atoms. The molecule has 0 radical (unpaired) electrons. The van der Waals surface area contributed by atoms with Crippen molar-refractivity contribution in [3.8, 4) is 17.7 Å². The van der Waals surface area contributed by atoms with Gasteiger partial charge in [0.15, 0.2) is 11.4 Å². The predicted octanol–water partition coefficient (Wildman–Crippen LogP) is 1.65. The van der Waals surface area contributed by atoms with Crippen LogP contribution in [0.2, 0.25) is 0 Å². The number of pyridine rings is 1. The van der Waals surface area contributed by atoms with Crippen LogP contribution in [0.4, 0.5) is 6.01 Å². The van der Waals surface area contributed by atoms with Gasteiger partial charge >= 0.3 is 6.01 Å². The Hall–Kier alpha value is -3.33. The molecule has 2 rings (SSSR count). The van der Waals surface area contributed by atoms with Gasteiger partial charge in [-0.1, -0.05) is 26.2 Å². The Bertz CT molecular complexity index is 1040. The zero-order chi connectivity index (χ0) is 22.3. The molecule has 0 aliphatic heterocycles. The van der Waals surface area contributed by atoms with E-state index in [4.69, 9.17) is 9.68 Å². The number of nitriles is 1. The molecule has 11 nitrogen and oxygen atoms in total. The number of hydrogen-bond acceptors (Lipinski definition) is 9. The van der Waals surface area contributed by atoms with E-state index in [1.165, 1.54) is 6.07 Å². The number of aromatic nitrogens is 2. The first kappa shape index (κ1) is 23.0. The first-order chi connectivity index (χ1) is 14.1. The van der Waals surface area contributed by atoms with Gasteiger partial charge < -0.3 is 19.9 Å². The summed E-state index contributed by atoms with van der Waals surface area (Å²) in [6.07, 6.45) is 5.33. The predicted molar refractivity (Wildman–Crippen MR) is 106 cm³/mol. The van der Waals surface area contributed by atoms with Crippen LogP contribution < -0.4 is 10.0 Å². The van der Waals surface area contributed by atoms with E-state index in [9.17, 15) is 23.4 Å². The highest BCUT2D eigenvalue weighted by molar-refractivity contribution is 7.91. The second kappa shape index (κ2) is 9.93. The fraction of sp³-hybridized carbons (Fsp3) is 0.444. The number of nitrogens with zero attached hydrogens (tertiary/aromatic N) is 3. The summed E-state index contributed by atoms with van der Waals surface area (Å²) in [5.74, 6) is -1.71. The fourth-order valence-corrected chi connectivity index (χ4v) is 3.17. The first-order valence-electron chi connectivity index (χ1n) is 9.19. The number of hydrogen-bond donors (Lipinski definition) is 4. The first-order valence-corrected chi connectivity index (χ1v) is 11.1. The monoisotopic (exact) mass is 437 g/mol. The van der Waals surface area contributed by atoms with E-state index in [0.717, 1.165) is 31.8 Å². The van der Waals surface area contributed by atoms with Gasteiger partial charge in [0, 0.05) is 11.6 Å². The quantitative estimate of drug-likeness (QED) is 0.402. The smallest absolute Gasteiger partial charge is 0.309 e. The standard InChI is InChI=1S/C18H23N5O6S/c1-3-4-5-6-12(7-11-8-13(9-19)21-17(26)15(11)24)20-16(25)14-10-29-18(22-14)23-30(2,27)28/h8,10,12,24H,3-7H2,1-2H3,(H,20,25)(H,21,26)(H,22,23). The lowest BCUT2D eigenvalue weighted by atomic mass is 9.99. The van der Waals surface area contributed by atoms with Crippen molar-refractivity contribution in [2.24, 2.45) is 0 Å². The third-order valence-electron chi connectivity index (χ3n) is 4.14. The summed E-state index contributed by atoms with van der Waals surface area (Å²) < 4.78 is 29.5. The summed E-state index contributed by atoms with van der Waals surface area (Å²) in [7, 11) is -3.61. The number of amides is 1. The highest BCUT2D eigenvalue weighted by atomic mass is 32.2. The zero-order valence-electron chi connectivity index (χ0n) is 16.5. The van der Waals surface area contributed by atoms with E-state index in [-0.39, 0.29) is 29.4 Å². The van der Waals surface area contributed by atoms with Gasteiger partial charge in [0.1, 0.15) is 18.0 Å². The number of anilines is 1. The van der Waals surface area contributed by atoms with Crippen molar-refractivity contribution in [2.75, 3.05) is 11.0 Å². The van der Waals surface area contributed by atoms with Crippen LogP contribution in [0, 0.1) is 11.3 Å². The molecule has 162 valence electrons. The summed E-state index contributed by atoms with van der Waals surface area (Å²) in [5, 5.41) is 31.6. The van der Waals surface area contributed by atoms with Crippen molar-refractivity contribution in [1.29, 1.82) is 5.26 Å². The molecule has 2 heterocycles. The van der Waals surface area contributed by atoms with E-state index in [0.29, 0.717) is 6.42 Å². The largest absolute Gasteiger partial charge is 0.503 e. The van der Waals surface area contributed by atoms with Crippen LogP contribution in [-0.2, 0) is 16.4 Å². The minimum absolute atomic E-state index is 0.0630. The van der Waals surface area contributed by atoms with Crippen molar-refractivity contribution in [3.05, 3.63) is 29.3 Å². The Labute approximate surface area is 173 Å². The molecule has 0 bridgehead atoms. The molecule has 1 atom stereocenters. The third-order valence-corrected chi connectivity index (χ3v) is 4.68. The molecule has 0 aromatic carbocycles. The van der Waals surface area contributed by atoms with Crippen LogP contribution in [0.1, 0.15) is 54.4 Å². The summed E-state index contributed by atoms with van der Waals surface area (Å²) in [5.41, 5.74) is 0.0773. The van der Waals surface area contributed by atoms with Gasteiger partial charge in [0.25, 0.3) is 11.8 Å². The maximum absolute atomic E-state index is 12.5. The van der Waals surface area contributed by atoms with Gasteiger partial charge in [0.05, 0.1) is 6.26 Å². The number of rotatable bonds is 10. The van der Waals surface area contributed by atoms with Crippen LogP contribution in [0.5, 0.6) is 11.6 Å². The van der Waals surface area contributed by atoms with Gasteiger partial charge in [-0.2, -0.15) is 15.2 Å². The van der Waals surface area contributed by atoms with Crippen molar-refractivity contribution in [3.63, 3.8) is 0 Å². The molecule has 4 N–H and O–H groups in total. The average Bonchev–Trinajstić information content (AvgIpc) is 3.12. The Morgan fingerprint density at radius 1 is 1.33 bits per heavy atom. The summed E-state index contributed by atoms with van der Waals surface area (Å²) in [6, 6.07) is 2.36. The van der Waals surface area contributed by atoms with Crippen LogP contribution in [0.15, 0.2) is 16.7 Å². The van der Waals surface area contributed by atoms with Crippen LogP contribution in [0.25, 0.3) is 0 Å². The van der Waals surface area contributed by atoms with Gasteiger partial charge in [-0.15, -0.1) is 0 Å². The highest BCUT2D eigenvalue weighted by Gasteiger charge is 2.21. The van der Waals surface area contributed by atoms with E-state index >= 15 is 0 Å². The minimum Gasteiger partial charge on any atom is -0.503 e. The second-order valence-electron chi connectivity index (χ2n) is 6.73. The second-order valence-corrected chi connectivity index (χ2v) is 8.48. The Morgan fingerprint density at radius 3 is 2.70 bits per heavy atom. The molecule has 0 aliphatic rings. The van der Waals surface area contributed by atoms with Gasteiger partial charge in [-0.3, -0.25) is 4.79 Å². The molecular formula is C18H23N5O6S. The van der Waals surface area contributed by atoms with Crippen molar-refractivity contribution in [1.82, 2.24) is 15.3 Å². The third kappa shape index (κ3) is 6.63. The van der Waals surface area contributed by atoms with Crippen molar-refractivity contribution >= 4 is 21.9 Å². The summed E-state index contributed by atoms with van der Waals surface area (Å²) >= 11 is 0. The molecule has 12 heteroatoms. The molecule has 1 amide bonds. The van der Waals surface area contributed by atoms with Crippen LogP contribution >= 0.6 is 0 Å². The molecule has 2 aromatic heterocycles. The Morgan fingerprint density at radius 2 is 2.07 bits per heavy atom. The lowest BCUT2D eigenvalue weighted by Crippen LogP contribution is -2.36. The van der Waals surface area contributed by atoms with E-state index in [1.807, 2.05) is 11.6 Å². The lowest BCUT2D eigenvalue weighted by molar-refractivity contribution is 0.0929. The maximum Gasteiger partial charge on any atom is 0.309 e. The average molecular weight is 437 g/mol. The molecule has 1 unspecified atom stereocenters. The fourth-order valence-electron chi connectivity index (χ4n) is 2.76. The van der Waals surface area contributed by atoms with Crippen molar-refractivity contribution < 1.29 is 27.8 Å². The Kier molecular flexibility index (Phi) is 7.60. The van der Waals surface area contributed by atoms with Crippen LogP contribution in [0.3, 0.4) is 0 Å². The Balaban J connectivity index is 2.18. The number of oxazole rings is 1. The van der Waals surface area contributed by atoms with Gasteiger partial charge in [-0.25, -0.2) is 13.1 Å². The van der Waals surface area contributed by atoms with E-state index in [2.05, 4.69) is 15.3 Å². The minimum atomic E-state index is -3.61. The normalized spacial score (nSPS) is 12.2. The number of carbonyl (C=O) groups is 1. The molecule has 0 aliphatic carbocycles. The number of unbranched alkanes of at least 4 members (excludes halogenated alkanes) is 2. The topological polar surface area (TPSA) is 178 Å². The van der Waals surface area contributed by atoms with E-state index in [1.54, 1.807) is 6.07 Å². The molecule has 2 aromatic rings. The molecule has 0 saturated carbocycles. The number of carbonyl (C=O) groups excluding carboxylic acids is 1. The van der Waals surface area contributed by atoms with Crippen molar-refractivity contribution in [2.45, 2.75) is 45.1 Å². The van der Waals surface area contributed by atoms with Gasteiger partial charge in [-0.05, 0) is 18.9 Å². The number of aromatic hydroxyl groups is 2. The highest BCUT2D eigenvalue weighted by Crippen LogP contribution is 2.29. The molecule has 0 saturated heterocycles. The van der Waals surface area contributed by atoms with E-state index < -0.39 is 33.6 Å². The summed E-state index contributed by atoms with van der Waals surface area (Å²) in [4.78, 5) is 19.9. The maximum atomic E-state index is 12.5. The SMILES string of the molecule is CCCCCC(Cc1cc(C#N)nc(O)c1O)NC(=O)c1coc(NS(C)(=O)=O)n1. The number of nitrogens with one attached hydrogen (secondary N) is 2. The summed E-state index contributed by atoms with van der Waals surface area (Å²) in [6.45, 7) is 2.03. The molecule has 30 heavy (non-hydrogen) atoms. The number of sulfonamides is 1. The molecule has 0 fully saturated rings.